The Morgan fingerprint density at radius 2 is 1.90 bits per heavy atom. The highest BCUT2D eigenvalue weighted by Crippen LogP contribution is 2.27. The summed E-state index contributed by atoms with van der Waals surface area (Å²) in [5.74, 6) is -0.305. The molecule has 0 radical (unpaired) electrons. The van der Waals surface area contributed by atoms with Crippen molar-refractivity contribution in [3.63, 3.8) is 0 Å². The van der Waals surface area contributed by atoms with Crippen LogP contribution in [0.5, 0.6) is 0 Å². The number of carbonyl (C=O) groups is 1. The molecule has 0 unspecified atom stereocenters. The standard InChI is InChI=1S/C21H21ClN6O2/c22-14-7-3-2-6-13(14)16-11-24-20(23)19(26-16)18(29)10-15-17(12-25-21(30)27-15)28-8-4-1-5-9-28/h2-3,6-7,11-12H,1,4-5,8-10H2,(H2,23,24)(H,25,27,30). The zero-order valence-electron chi connectivity index (χ0n) is 16.3. The number of hydrogen-bond donors (Lipinski definition) is 2. The fraction of sp³-hybridized carbons (Fsp3) is 0.286. The molecule has 1 aliphatic heterocycles. The monoisotopic (exact) mass is 424 g/mol. The van der Waals surface area contributed by atoms with Gasteiger partial charge in [0.1, 0.15) is 5.69 Å². The molecule has 0 spiro atoms. The third kappa shape index (κ3) is 4.18. The molecule has 0 amide bonds. The van der Waals surface area contributed by atoms with Gasteiger partial charge in [0.05, 0.1) is 40.9 Å². The molecule has 30 heavy (non-hydrogen) atoms. The van der Waals surface area contributed by atoms with Crippen molar-refractivity contribution in [2.45, 2.75) is 25.7 Å². The molecule has 0 bridgehead atoms. The number of ketones is 1. The van der Waals surface area contributed by atoms with E-state index in [-0.39, 0.29) is 23.7 Å². The van der Waals surface area contributed by atoms with Gasteiger partial charge in [-0.2, -0.15) is 4.98 Å². The average molecular weight is 425 g/mol. The Labute approximate surface area is 178 Å². The number of piperidine rings is 1. The Kier molecular flexibility index (Phi) is 5.76. The van der Waals surface area contributed by atoms with Crippen molar-refractivity contribution in [2.75, 3.05) is 23.7 Å². The molecule has 3 N–H and O–H groups in total. The minimum absolute atomic E-state index is 0.0340. The molecule has 3 aromatic rings. The number of nitrogens with one attached hydrogen (secondary N) is 1. The molecule has 4 rings (SSSR count). The quantitative estimate of drug-likeness (QED) is 0.604. The number of anilines is 2. The number of hydrogen-bond acceptors (Lipinski definition) is 7. The lowest BCUT2D eigenvalue weighted by molar-refractivity contribution is 0.0988. The van der Waals surface area contributed by atoms with Crippen LogP contribution in [0.2, 0.25) is 5.02 Å². The maximum absolute atomic E-state index is 13.1. The molecular formula is C21H21ClN6O2. The van der Waals surface area contributed by atoms with E-state index in [1.165, 1.54) is 18.8 Å². The van der Waals surface area contributed by atoms with Crippen LogP contribution in [0.25, 0.3) is 11.3 Å². The van der Waals surface area contributed by atoms with Crippen molar-refractivity contribution in [1.82, 2.24) is 19.9 Å². The first-order valence-corrected chi connectivity index (χ1v) is 10.1. The fourth-order valence-corrected chi connectivity index (χ4v) is 3.84. The van der Waals surface area contributed by atoms with E-state index in [1.54, 1.807) is 12.1 Å². The Balaban J connectivity index is 1.66. The molecule has 0 aliphatic carbocycles. The number of carbonyl (C=O) groups excluding carboxylic acids is 1. The number of halogens is 1. The van der Waals surface area contributed by atoms with Crippen molar-refractivity contribution < 1.29 is 4.79 Å². The molecule has 1 fully saturated rings. The maximum Gasteiger partial charge on any atom is 0.345 e. The van der Waals surface area contributed by atoms with Gasteiger partial charge in [-0.05, 0) is 25.3 Å². The first-order valence-electron chi connectivity index (χ1n) is 9.76. The third-order valence-electron chi connectivity index (χ3n) is 5.12. The summed E-state index contributed by atoms with van der Waals surface area (Å²) >= 11 is 6.25. The second-order valence-electron chi connectivity index (χ2n) is 7.17. The molecule has 3 heterocycles. The maximum atomic E-state index is 13.1. The average Bonchev–Trinajstić information content (AvgIpc) is 2.75. The lowest BCUT2D eigenvalue weighted by Crippen LogP contribution is -2.32. The van der Waals surface area contributed by atoms with E-state index in [1.807, 2.05) is 12.1 Å². The van der Waals surface area contributed by atoms with Crippen molar-refractivity contribution in [3.8, 4) is 11.3 Å². The Morgan fingerprint density at radius 1 is 1.13 bits per heavy atom. The molecule has 9 heteroatoms. The molecule has 1 aromatic carbocycles. The van der Waals surface area contributed by atoms with Crippen LogP contribution in [0, 0.1) is 0 Å². The van der Waals surface area contributed by atoms with E-state index < -0.39 is 5.69 Å². The number of aromatic nitrogens is 4. The Bertz CT molecular complexity index is 1140. The zero-order chi connectivity index (χ0) is 21.1. The van der Waals surface area contributed by atoms with Crippen LogP contribution in [-0.2, 0) is 6.42 Å². The van der Waals surface area contributed by atoms with Crippen LogP contribution in [0.3, 0.4) is 0 Å². The first kappa shape index (κ1) is 20.0. The number of benzene rings is 1. The molecule has 0 atom stereocenters. The lowest BCUT2D eigenvalue weighted by Gasteiger charge is -2.29. The van der Waals surface area contributed by atoms with Crippen LogP contribution in [0.1, 0.15) is 35.4 Å². The molecular weight excluding hydrogens is 404 g/mol. The molecule has 2 aromatic heterocycles. The Hall–Kier alpha value is -3.26. The van der Waals surface area contributed by atoms with E-state index in [0.29, 0.717) is 22.0 Å². The number of aromatic amines is 1. The van der Waals surface area contributed by atoms with Gasteiger partial charge < -0.3 is 15.6 Å². The van der Waals surface area contributed by atoms with Crippen LogP contribution >= 0.6 is 11.6 Å². The van der Waals surface area contributed by atoms with Crippen molar-refractivity contribution in [3.05, 3.63) is 63.6 Å². The fourth-order valence-electron chi connectivity index (χ4n) is 3.61. The van der Waals surface area contributed by atoms with Gasteiger partial charge >= 0.3 is 5.69 Å². The van der Waals surface area contributed by atoms with Crippen LogP contribution in [-0.4, -0.2) is 38.8 Å². The summed E-state index contributed by atoms with van der Waals surface area (Å²) in [4.78, 5) is 42.1. The summed E-state index contributed by atoms with van der Waals surface area (Å²) in [5.41, 5.74) is 7.88. The van der Waals surface area contributed by atoms with E-state index in [4.69, 9.17) is 17.3 Å². The highest BCUT2D eigenvalue weighted by atomic mass is 35.5. The number of rotatable bonds is 5. The van der Waals surface area contributed by atoms with Gasteiger partial charge in [0.2, 0.25) is 0 Å². The van der Waals surface area contributed by atoms with E-state index >= 15 is 0 Å². The second-order valence-corrected chi connectivity index (χ2v) is 7.58. The SMILES string of the molecule is Nc1ncc(-c2ccccc2Cl)nc1C(=O)Cc1[nH]c(=O)ncc1N1CCCCC1. The molecule has 154 valence electrons. The number of Topliss-reactive ketones (excluding diaryl/α,β-unsaturated/α-hetero) is 1. The summed E-state index contributed by atoms with van der Waals surface area (Å²) < 4.78 is 0. The summed E-state index contributed by atoms with van der Waals surface area (Å²) in [6.45, 7) is 1.72. The first-order chi connectivity index (χ1) is 14.5. The molecule has 1 aliphatic rings. The van der Waals surface area contributed by atoms with Crippen molar-refractivity contribution >= 4 is 28.9 Å². The molecule has 1 saturated heterocycles. The van der Waals surface area contributed by atoms with Gasteiger partial charge in [-0.25, -0.2) is 14.8 Å². The highest BCUT2D eigenvalue weighted by molar-refractivity contribution is 6.33. The highest BCUT2D eigenvalue weighted by Gasteiger charge is 2.21. The van der Waals surface area contributed by atoms with Gasteiger partial charge in [-0.1, -0.05) is 29.8 Å². The molecule has 0 saturated carbocycles. The van der Waals surface area contributed by atoms with Gasteiger partial charge in [0.25, 0.3) is 0 Å². The summed E-state index contributed by atoms with van der Waals surface area (Å²) in [6.07, 6.45) is 6.25. The van der Waals surface area contributed by atoms with Crippen LogP contribution in [0.4, 0.5) is 11.5 Å². The second kappa shape index (κ2) is 8.62. The topological polar surface area (TPSA) is 118 Å². The van der Waals surface area contributed by atoms with Gasteiger partial charge in [0.15, 0.2) is 11.6 Å². The molecule has 8 nitrogen and oxygen atoms in total. The number of H-pyrrole nitrogens is 1. The number of nitrogens with zero attached hydrogens (tertiary/aromatic N) is 4. The third-order valence-corrected chi connectivity index (χ3v) is 5.45. The minimum Gasteiger partial charge on any atom is -0.382 e. The Morgan fingerprint density at radius 3 is 2.67 bits per heavy atom. The van der Waals surface area contributed by atoms with Crippen molar-refractivity contribution in [1.29, 1.82) is 0 Å². The summed E-state index contributed by atoms with van der Waals surface area (Å²) in [7, 11) is 0. The van der Waals surface area contributed by atoms with Gasteiger partial charge in [-0.3, -0.25) is 4.79 Å². The number of nitrogen functional groups attached to an aromatic ring is 1. The lowest BCUT2D eigenvalue weighted by atomic mass is 10.1. The van der Waals surface area contributed by atoms with Gasteiger partial charge in [-0.15, -0.1) is 0 Å². The predicted molar refractivity (Wildman–Crippen MR) is 116 cm³/mol. The zero-order valence-corrected chi connectivity index (χ0v) is 17.0. The van der Waals surface area contributed by atoms with E-state index in [2.05, 4.69) is 24.8 Å². The van der Waals surface area contributed by atoms with Crippen LogP contribution < -0.4 is 16.3 Å². The predicted octanol–water partition coefficient (Wildman–Crippen LogP) is 2.88. The normalized spacial score (nSPS) is 14.0. The largest absolute Gasteiger partial charge is 0.382 e. The van der Waals surface area contributed by atoms with Crippen molar-refractivity contribution in [2.24, 2.45) is 0 Å². The number of nitrogens with two attached hydrogens (primary N) is 1. The summed E-state index contributed by atoms with van der Waals surface area (Å²) in [5, 5.41) is 0.501. The van der Waals surface area contributed by atoms with E-state index in [0.717, 1.165) is 31.6 Å². The van der Waals surface area contributed by atoms with Gasteiger partial charge in [0, 0.05) is 18.7 Å². The van der Waals surface area contributed by atoms with E-state index in [9.17, 15) is 9.59 Å². The smallest absolute Gasteiger partial charge is 0.345 e. The van der Waals surface area contributed by atoms with Crippen LogP contribution in [0.15, 0.2) is 41.5 Å². The minimum atomic E-state index is -0.498. The summed E-state index contributed by atoms with van der Waals surface area (Å²) in [6, 6.07) is 7.17.